The van der Waals surface area contributed by atoms with Gasteiger partial charge in [0.1, 0.15) is 0 Å². The molecule has 0 saturated carbocycles. The number of aryl methyl sites for hydroxylation is 2. The Balaban J connectivity index is 1.69. The third-order valence-electron chi connectivity index (χ3n) is 4.23. The lowest BCUT2D eigenvalue weighted by Gasteiger charge is -2.16. The summed E-state index contributed by atoms with van der Waals surface area (Å²) >= 11 is 0. The third-order valence-corrected chi connectivity index (χ3v) is 4.23. The topological polar surface area (TPSA) is 62.3 Å². The lowest BCUT2D eigenvalue weighted by atomic mass is 10.1. The first-order valence-electron chi connectivity index (χ1n) is 7.63. The molecule has 118 valence electrons. The van der Waals surface area contributed by atoms with E-state index in [4.69, 9.17) is 0 Å². The van der Waals surface area contributed by atoms with Gasteiger partial charge in [-0.05, 0) is 49.2 Å². The van der Waals surface area contributed by atoms with Crippen LogP contribution in [0.3, 0.4) is 0 Å². The second kappa shape index (κ2) is 6.20. The van der Waals surface area contributed by atoms with Crippen molar-refractivity contribution in [2.45, 2.75) is 20.3 Å². The number of amides is 2. The van der Waals surface area contributed by atoms with Gasteiger partial charge in [0.2, 0.25) is 11.8 Å². The second-order valence-electron chi connectivity index (χ2n) is 5.90. The van der Waals surface area contributed by atoms with E-state index >= 15 is 0 Å². The van der Waals surface area contributed by atoms with Crippen molar-refractivity contribution in [1.82, 2.24) is 4.98 Å². The molecule has 1 N–H and O–H groups in total. The fourth-order valence-electron chi connectivity index (χ4n) is 2.71. The summed E-state index contributed by atoms with van der Waals surface area (Å²) < 4.78 is 0. The summed E-state index contributed by atoms with van der Waals surface area (Å²) in [6, 6.07) is 9.42. The normalized spacial score (nSPS) is 17.4. The summed E-state index contributed by atoms with van der Waals surface area (Å²) in [5.74, 6) is -0.504. The van der Waals surface area contributed by atoms with Crippen LogP contribution in [0.2, 0.25) is 0 Å². The van der Waals surface area contributed by atoms with Crippen molar-refractivity contribution < 1.29 is 9.59 Å². The van der Waals surface area contributed by atoms with E-state index in [9.17, 15) is 9.59 Å². The van der Waals surface area contributed by atoms with E-state index in [1.807, 2.05) is 38.1 Å². The average molecular weight is 309 g/mol. The molecule has 1 aliphatic rings. The first kappa shape index (κ1) is 15.2. The Morgan fingerprint density at radius 1 is 1.26 bits per heavy atom. The zero-order valence-corrected chi connectivity index (χ0v) is 13.2. The average Bonchev–Trinajstić information content (AvgIpc) is 2.94. The lowest BCUT2D eigenvalue weighted by molar-refractivity contribution is -0.122. The number of pyridine rings is 1. The predicted molar refractivity (Wildman–Crippen MR) is 89.2 cm³/mol. The molecule has 5 nitrogen and oxygen atoms in total. The van der Waals surface area contributed by atoms with Crippen LogP contribution in [0.15, 0.2) is 42.7 Å². The van der Waals surface area contributed by atoms with Crippen LogP contribution in [0.1, 0.15) is 17.5 Å². The minimum Gasteiger partial charge on any atom is -0.326 e. The second-order valence-corrected chi connectivity index (χ2v) is 5.90. The zero-order valence-electron chi connectivity index (χ0n) is 13.2. The first-order chi connectivity index (χ1) is 11.0. The Morgan fingerprint density at radius 2 is 2.09 bits per heavy atom. The smallest absolute Gasteiger partial charge is 0.229 e. The van der Waals surface area contributed by atoms with Crippen LogP contribution in [0.25, 0.3) is 0 Å². The van der Waals surface area contributed by atoms with Crippen LogP contribution in [-0.4, -0.2) is 23.3 Å². The van der Waals surface area contributed by atoms with E-state index in [2.05, 4.69) is 10.3 Å². The van der Waals surface area contributed by atoms with Crippen molar-refractivity contribution >= 4 is 23.2 Å². The van der Waals surface area contributed by atoms with Gasteiger partial charge in [0, 0.05) is 24.8 Å². The summed E-state index contributed by atoms with van der Waals surface area (Å²) in [5.41, 5.74) is 3.81. The highest BCUT2D eigenvalue weighted by Gasteiger charge is 2.35. The summed E-state index contributed by atoms with van der Waals surface area (Å²) in [6.45, 7) is 4.43. The van der Waals surface area contributed by atoms with Crippen LogP contribution in [0.4, 0.5) is 11.4 Å². The Labute approximate surface area is 135 Å². The molecule has 1 aromatic heterocycles. The molecule has 1 aromatic carbocycles. The maximum Gasteiger partial charge on any atom is 0.229 e. The van der Waals surface area contributed by atoms with Crippen molar-refractivity contribution in [2.75, 3.05) is 16.8 Å². The summed E-state index contributed by atoms with van der Waals surface area (Å²) in [6.07, 6.45) is 3.53. The highest BCUT2D eigenvalue weighted by molar-refractivity contribution is 6.03. The number of anilines is 2. The molecule has 0 radical (unpaired) electrons. The third kappa shape index (κ3) is 3.23. The molecule has 2 heterocycles. The number of carbonyl (C=O) groups is 2. The number of rotatable bonds is 3. The monoisotopic (exact) mass is 309 g/mol. The summed E-state index contributed by atoms with van der Waals surface area (Å²) in [7, 11) is 0. The first-order valence-corrected chi connectivity index (χ1v) is 7.63. The van der Waals surface area contributed by atoms with Crippen molar-refractivity contribution in [3.8, 4) is 0 Å². The molecule has 2 aromatic rings. The molecular formula is C18H19N3O2. The minimum atomic E-state index is -0.343. The van der Waals surface area contributed by atoms with E-state index in [0.717, 1.165) is 16.9 Å². The van der Waals surface area contributed by atoms with Gasteiger partial charge in [0.15, 0.2) is 0 Å². The van der Waals surface area contributed by atoms with Crippen molar-refractivity contribution in [2.24, 2.45) is 5.92 Å². The van der Waals surface area contributed by atoms with Crippen molar-refractivity contribution in [1.29, 1.82) is 0 Å². The fourth-order valence-corrected chi connectivity index (χ4v) is 2.71. The molecule has 23 heavy (non-hydrogen) atoms. The Hall–Kier alpha value is -2.69. The van der Waals surface area contributed by atoms with Gasteiger partial charge in [-0.25, -0.2) is 0 Å². The highest BCUT2D eigenvalue weighted by atomic mass is 16.2. The molecule has 1 atom stereocenters. The molecule has 5 heteroatoms. The Bertz CT molecular complexity index is 743. The van der Waals surface area contributed by atoms with E-state index < -0.39 is 0 Å². The molecular weight excluding hydrogens is 290 g/mol. The molecule has 1 aliphatic heterocycles. The molecule has 2 amide bonds. The number of nitrogens with zero attached hydrogens (tertiary/aromatic N) is 2. The largest absolute Gasteiger partial charge is 0.326 e. The number of carbonyl (C=O) groups excluding carboxylic acids is 2. The lowest BCUT2D eigenvalue weighted by Crippen LogP contribution is -2.28. The van der Waals surface area contributed by atoms with Crippen LogP contribution in [0, 0.1) is 19.8 Å². The van der Waals surface area contributed by atoms with Crippen molar-refractivity contribution in [3.05, 3.63) is 53.9 Å². The molecule has 3 rings (SSSR count). The highest BCUT2D eigenvalue weighted by Crippen LogP contribution is 2.25. The van der Waals surface area contributed by atoms with Crippen LogP contribution in [-0.2, 0) is 9.59 Å². The van der Waals surface area contributed by atoms with E-state index in [0.29, 0.717) is 6.54 Å². The summed E-state index contributed by atoms with van der Waals surface area (Å²) in [4.78, 5) is 30.2. The van der Waals surface area contributed by atoms with Crippen LogP contribution < -0.4 is 10.2 Å². The summed E-state index contributed by atoms with van der Waals surface area (Å²) in [5, 5.41) is 2.91. The van der Waals surface area contributed by atoms with Crippen molar-refractivity contribution in [3.63, 3.8) is 0 Å². The number of benzene rings is 1. The molecule has 1 saturated heterocycles. The molecule has 1 fully saturated rings. The van der Waals surface area contributed by atoms with Gasteiger partial charge >= 0.3 is 0 Å². The van der Waals surface area contributed by atoms with Gasteiger partial charge in [-0.15, -0.1) is 0 Å². The number of hydrogen-bond acceptors (Lipinski definition) is 3. The zero-order chi connectivity index (χ0) is 16.4. The Kier molecular flexibility index (Phi) is 4.10. The van der Waals surface area contributed by atoms with Gasteiger partial charge in [-0.2, -0.15) is 0 Å². The number of hydrogen-bond donors (Lipinski definition) is 1. The van der Waals surface area contributed by atoms with Crippen LogP contribution in [0.5, 0.6) is 0 Å². The SMILES string of the molecule is Cc1ccc(NC(=O)C2CC(=O)N(c3cccnc3)C2)cc1C. The number of nitrogens with one attached hydrogen (secondary N) is 1. The molecule has 1 unspecified atom stereocenters. The standard InChI is InChI=1S/C18H19N3O2/c1-12-5-6-15(8-13(12)2)20-18(23)14-9-17(22)21(11-14)16-4-3-7-19-10-16/h3-8,10,14H,9,11H2,1-2H3,(H,20,23). The maximum absolute atomic E-state index is 12.4. The maximum atomic E-state index is 12.4. The van der Waals surface area contributed by atoms with E-state index in [1.165, 1.54) is 5.56 Å². The molecule has 0 aliphatic carbocycles. The van der Waals surface area contributed by atoms with Gasteiger partial charge in [0.25, 0.3) is 0 Å². The quantitative estimate of drug-likeness (QED) is 0.948. The van der Waals surface area contributed by atoms with Crippen LogP contribution >= 0.6 is 0 Å². The minimum absolute atomic E-state index is 0.0433. The fraction of sp³-hybridized carbons (Fsp3) is 0.278. The predicted octanol–water partition coefficient (Wildman–Crippen LogP) is 2.69. The van der Waals surface area contributed by atoms with Gasteiger partial charge in [-0.1, -0.05) is 6.07 Å². The van der Waals surface area contributed by atoms with E-state index in [1.54, 1.807) is 23.4 Å². The molecule has 0 bridgehead atoms. The van der Waals surface area contributed by atoms with Gasteiger partial charge in [-0.3, -0.25) is 14.6 Å². The van der Waals surface area contributed by atoms with E-state index in [-0.39, 0.29) is 24.2 Å². The van der Waals surface area contributed by atoms with Gasteiger partial charge in [0.05, 0.1) is 17.8 Å². The Morgan fingerprint density at radius 3 is 2.78 bits per heavy atom. The number of aromatic nitrogens is 1. The molecule has 0 spiro atoms. The van der Waals surface area contributed by atoms with Gasteiger partial charge < -0.3 is 10.2 Å².